The Hall–Kier alpha value is -1.55. The molecule has 4 heteroatoms. The van der Waals surface area contributed by atoms with Gasteiger partial charge in [0.25, 0.3) is 0 Å². The number of nitrogens with one attached hydrogen (secondary N) is 1. The third kappa shape index (κ3) is 2.97. The van der Waals surface area contributed by atoms with Gasteiger partial charge in [-0.15, -0.1) is 0 Å². The molecular weight excluding hydrogens is 216 g/mol. The van der Waals surface area contributed by atoms with E-state index in [0.717, 1.165) is 25.4 Å². The fraction of sp³-hybridized carbons (Fsp3) is 0.462. The molecule has 1 fully saturated rings. The van der Waals surface area contributed by atoms with Crippen LogP contribution in [0.4, 0.5) is 11.4 Å². The third-order valence-electron chi connectivity index (χ3n) is 2.89. The van der Waals surface area contributed by atoms with Gasteiger partial charge < -0.3 is 15.0 Å². The molecule has 1 aromatic carbocycles. The molecule has 2 rings (SSSR count). The summed E-state index contributed by atoms with van der Waals surface area (Å²) < 4.78 is 5.41. The Kier molecular flexibility index (Phi) is 3.64. The van der Waals surface area contributed by atoms with Crippen LogP contribution in [0.2, 0.25) is 0 Å². The van der Waals surface area contributed by atoms with Crippen LogP contribution < -0.4 is 10.2 Å². The van der Waals surface area contributed by atoms with Crippen molar-refractivity contribution in [3.05, 3.63) is 24.3 Å². The van der Waals surface area contributed by atoms with Gasteiger partial charge >= 0.3 is 0 Å². The number of hydrogen-bond acceptors (Lipinski definition) is 3. The van der Waals surface area contributed by atoms with E-state index in [9.17, 15) is 4.79 Å². The molecule has 1 amide bonds. The molecule has 1 saturated heterocycles. The number of amides is 1. The van der Waals surface area contributed by atoms with E-state index in [-0.39, 0.29) is 5.91 Å². The Balaban J connectivity index is 2.08. The van der Waals surface area contributed by atoms with Gasteiger partial charge in [0.1, 0.15) is 0 Å². The molecular formula is C13H18N2O2. The molecule has 4 nitrogen and oxygen atoms in total. The average molecular weight is 234 g/mol. The Morgan fingerprint density at radius 1 is 1.41 bits per heavy atom. The fourth-order valence-electron chi connectivity index (χ4n) is 2.05. The summed E-state index contributed by atoms with van der Waals surface area (Å²) in [5.41, 5.74) is 2.01. The minimum atomic E-state index is -0.0440. The van der Waals surface area contributed by atoms with Gasteiger partial charge in [-0.25, -0.2) is 0 Å². The predicted molar refractivity (Wildman–Crippen MR) is 68.4 cm³/mol. The second-order valence-corrected chi connectivity index (χ2v) is 4.35. The second kappa shape index (κ2) is 5.19. The van der Waals surface area contributed by atoms with Gasteiger partial charge in [0, 0.05) is 30.9 Å². The highest BCUT2D eigenvalue weighted by Crippen LogP contribution is 2.21. The SMILES string of the molecule is CC(=O)Nc1ccc(N2CCOCC2C)cc1. The molecule has 1 aliphatic rings. The highest BCUT2D eigenvalue weighted by molar-refractivity contribution is 5.88. The van der Waals surface area contributed by atoms with Crippen LogP contribution in [0.5, 0.6) is 0 Å². The lowest BCUT2D eigenvalue weighted by Crippen LogP contribution is -2.43. The lowest BCUT2D eigenvalue weighted by Gasteiger charge is -2.35. The van der Waals surface area contributed by atoms with Crippen molar-refractivity contribution in [2.75, 3.05) is 30.0 Å². The highest BCUT2D eigenvalue weighted by Gasteiger charge is 2.18. The van der Waals surface area contributed by atoms with Crippen LogP contribution in [0.25, 0.3) is 0 Å². The number of hydrogen-bond donors (Lipinski definition) is 1. The van der Waals surface area contributed by atoms with E-state index in [2.05, 4.69) is 17.1 Å². The number of rotatable bonds is 2. The van der Waals surface area contributed by atoms with Gasteiger partial charge in [0.05, 0.1) is 13.2 Å². The van der Waals surface area contributed by atoms with Crippen molar-refractivity contribution in [1.82, 2.24) is 0 Å². The zero-order valence-electron chi connectivity index (χ0n) is 10.3. The van der Waals surface area contributed by atoms with E-state index in [1.54, 1.807) is 0 Å². The first-order valence-electron chi connectivity index (χ1n) is 5.89. The van der Waals surface area contributed by atoms with Crippen molar-refractivity contribution in [3.63, 3.8) is 0 Å². The Morgan fingerprint density at radius 2 is 2.12 bits per heavy atom. The molecule has 1 aliphatic heterocycles. The number of ether oxygens (including phenoxy) is 1. The van der Waals surface area contributed by atoms with Gasteiger partial charge in [-0.2, -0.15) is 0 Å². The third-order valence-corrected chi connectivity index (χ3v) is 2.89. The normalized spacial score (nSPS) is 20.1. The van der Waals surface area contributed by atoms with Crippen molar-refractivity contribution in [2.45, 2.75) is 19.9 Å². The number of benzene rings is 1. The zero-order valence-corrected chi connectivity index (χ0v) is 10.3. The summed E-state index contributed by atoms with van der Waals surface area (Å²) >= 11 is 0. The van der Waals surface area contributed by atoms with Crippen molar-refractivity contribution < 1.29 is 9.53 Å². The summed E-state index contributed by atoms with van der Waals surface area (Å²) in [5.74, 6) is -0.0440. The molecule has 0 bridgehead atoms. The summed E-state index contributed by atoms with van der Waals surface area (Å²) in [6, 6.07) is 8.33. The number of anilines is 2. The van der Waals surface area contributed by atoms with Crippen molar-refractivity contribution in [2.24, 2.45) is 0 Å². The molecule has 1 N–H and O–H groups in total. The number of morpholine rings is 1. The highest BCUT2D eigenvalue weighted by atomic mass is 16.5. The predicted octanol–water partition coefficient (Wildman–Crippen LogP) is 1.87. The summed E-state index contributed by atoms with van der Waals surface area (Å²) in [4.78, 5) is 13.2. The average Bonchev–Trinajstić information content (AvgIpc) is 2.30. The summed E-state index contributed by atoms with van der Waals surface area (Å²) in [6.07, 6.45) is 0. The van der Waals surface area contributed by atoms with Crippen LogP contribution in [0.15, 0.2) is 24.3 Å². The largest absolute Gasteiger partial charge is 0.377 e. The molecule has 92 valence electrons. The van der Waals surface area contributed by atoms with E-state index in [4.69, 9.17) is 4.74 Å². The van der Waals surface area contributed by atoms with Crippen LogP contribution >= 0.6 is 0 Å². The van der Waals surface area contributed by atoms with Gasteiger partial charge in [-0.1, -0.05) is 0 Å². The quantitative estimate of drug-likeness (QED) is 0.849. The molecule has 0 aliphatic carbocycles. The molecule has 0 radical (unpaired) electrons. The lowest BCUT2D eigenvalue weighted by atomic mass is 10.2. The van der Waals surface area contributed by atoms with Crippen LogP contribution in [0.3, 0.4) is 0 Å². The van der Waals surface area contributed by atoms with E-state index < -0.39 is 0 Å². The molecule has 0 saturated carbocycles. The lowest BCUT2D eigenvalue weighted by molar-refractivity contribution is -0.114. The first kappa shape index (κ1) is 11.9. The Morgan fingerprint density at radius 3 is 2.71 bits per heavy atom. The number of carbonyl (C=O) groups excluding carboxylic acids is 1. The molecule has 0 spiro atoms. The molecule has 1 aromatic rings. The monoisotopic (exact) mass is 234 g/mol. The molecule has 1 unspecified atom stereocenters. The maximum absolute atomic E-state index is 10.9. The smallest absolute Gasteiger partial charge is 0.221 e. The molecule has 1 heterocycles. The zero-order chi connectivity index (χ0) is 12.3. The second-order valence-electron chi connectivity index (χ2n) is 4.35. The molecule has 1 atom stereocenters. The summed E-state index contributed by atoms with van der Waals surface area (Å²) in [7, 11) is 0. The van der Waals surface area contributed by atoms with E-state index in [0.29, 0.717) is 6.04 Å². The van der Waals surface area contributed by atoms with Gasteiger partial charge in [0.15, 0.2) is 0 Å². The van der Waals surface area contributed by atoms with Crippen molar-refractivity contribution in [1.29, 1.82) is 0 Å². The standard InChI is InChI=1S/C13H18N2O2/c1-10-9-17-8-7-15(10)13-5-3-12(4-6-13)14-11(2)16/h3-6,10H,7-9H2,1-2H3,(H,14,16). The minimum Gasteiger partial charge on any atom is -0.377 e. The van der Waals surface area contributed by atoms with E-state index in [1.807, 2.05) is 24.3 Å². The van der Waals surface area contributed by atoms with Crippen LogP contribution in [-0.2, 0) is 9.53 Å². The van der Waals surface area contributed by atoms with Crippen LogP contribution in [0, 0.1) is 0 Å². The van der Waals surface area contributed by atoms with Gasteiger partial charge in [-0.3, -0.25) is 4.79 Å². The molecule has 0 aromatic heterocycles. The molecule has 17 heavy (non-hydrogen) atoms. The fourth-order valence-corrected chi connectivity index (χ4v) is 2.05. The van der Waals surface area contributed by atoms with Gasteiger partial charge in [-0.05, 0) is 31.2 Å². The van der Waals surface area contributed by atoms with Crippen LogP contribution in [0.1, 0.15) is 13.8 Å². The van der Waals surface area contributed by atoms with Crippen LogP contribution in [-0.4, -0.2) is 31.7 Å². The first-order chi connectivity index (χ1) is 8.16. The summed E-state index contributed by atoms with van der Waals surface area (Å²) in [6.45, 7) is 6.13. The number of carbonyl (C=O) groups is 1. The van der Waals surface area contributed by atoms with E-state index >= 15 is 0 Å². The maximum atomic E-state index is 10.9. The number of nitrogens with zero attached hydrogens (tertiary/aromatic N) is 1. The maximum Gasteiger partial charge on any atom is 0.221 e. The van der Waals surface area contributed by atoms with E-state index in [1.165, 1.54) is 12.6 Å². The summed E-state index contributed by atoms with van der Waals surface area (Å²) in [5, 5.41) is 2.76. The first-order valence-corrected chi connectivity index (χ1v) is 5.89. The topological polar surface area (TPSA) is 41.6 Å². The Bertz CT molecular complexity index is 389. The van der Waals surface area contributed by atoms with Gasteiger partial charge in [0.2, 0.25) is 5.91 Å². The van der Waals surface area contributed by atoms with Crippen molar-refractivity contribution in [3.8, 4) is 0 Å². The van der Waals surface area contributed by atoms with Crippen molar-refractivity contribution >= 4 is 17.3 Å². The Labute approximate surface area is 102 Å². The minimum absolute atomic E-state index is 0.0440.